The van der Waals surface area contributed by atoms with Crippen LogP contribution in [0.3, 0.4) is 0 Å². The predicted molar refractivity (Wildman–Crippen MR) is 98.8 cm³/mol. The molecule has 0 spiro atoms. The van der Waals surface area contributed by atoms with Gasteiger partial charge in [0.2, 0.25) is 5.91 Å². The van der Waals surface area contributed by atoms with Crippen molar-refractivity contribution in [3.8, 4) is 5.75 Å². The second-order valence-corrected chi connectivity index (χ2v) is 5.88. The van der Waals surface area contributed by atoms with Gasteiger partial charge in [-0.2, -0.15) is 0 Å². The molecule has 132 valence electrons. The lowest BCUT2D eigenvalue weighted by molar-refractivity contribution is -0.114. The Hall–Kier alpha value is -3.02. The number of ether oxygens (including phenoxy) is 1. The van der Waals surface area contributed by atoms with Crippen molar-refractivity contribution in [1.29, 1.82) is 0 Å². The van der Waals surface area contributed by atoms with E-state index < -0.39 is 0 Å². The van der Waals surface area contributed by atoms with Gasteiger partial charge in [-0.3, -0.25) is 4.79 Å². The molecule has 0 bridgehead atoms. The lowest BCUT2D eigenvalue weighted by Gasteiger charge is -2.12. The summed E-state index contributed by atoms with van der Waals surface area (Å²) in [5.41, 5.74) is 2.28. The summed E-state index contributed by atoms with van der Waals surface area (Å²) in [5, 5.41) is 8.22. The maximum atomic E-state index is 12.0. The normalized spacial score (nSPS) is 10.2. The van der Waals surface area contributed by atoms with Crippen molar-refractivity contribution >= 4 is 23.3 Å². The van der Waals surface area contributed by atoms with Crippen LogP contribution in [0.2, 0.25) is 0 Å². The quantitative estimate of drug-likeness (QED) is 0.748. The van der Waals surface area contributed by atoms with Gasteiger partial charge in [-0.05, 0) is 55.8 Å². The van der Waals surface area contributed by atoms with E-state index in [2.05, 4.69) is 16.0 Å². The minimum Gasteiger partial charge on any atom is -0.491 e. The Labute approximate surface area is 147 Å². The summed E-state index contributed by atoms with van der Waals surface area (Å²) in [6.07, 6.45) is 0.104. The van der Waals surface area contributed by atoms with Crippen LogP contribution >= 0.6 is 0 Å². The monoisotopic (exact) mass is 341 g/mol. The molecule has 0 aliphatic rings. The Balaban J connectivity index is 1.85. The molecule has 0 atom stereocenters. The number of carbonyl (C=O) groups is 2. The van der Waals surface area contributed by atoms with Crippen LogP contribution in [0.5, 0.6) is 5.75 Å². The topological polar surface area (TPSA) is 79.5 Å². The number of benzene rings is 2. The van der Waals surface area contributed by atoms with E-state index in [1.54, 1.807) is 24.3 Å². The third-order valence-electron chi connectivity index (χ3n) is 3.19. The van der Waals surface area contributed by atoms with E-state index in [1.165, 1.54) is 6.92 Å². The van der Waals surface area contributed by atoms with Crippen molar-refractivity contribution in [3.63, 3.8) is 0 Å². The predicted octanol–water partition coefficient (Wildman–Crippen LogP) is 3.75. The zero-order valence-electron chi connectivity index (χ0n) is 14.6. The van der Waals surface area contributed by atoms with Crippen molar-refractivity contribution in [2.75, 3.05) is 10.6 Å². The molecule has 3 amide bonds. The Kier molecular flexibility index (Phi) is 6.39. The summed E-state index contributed by atoms with van der Waals surface area (Å²) in [5.74, 6) is 0.644. The van der Waals surface area contributed by atoms with E-state index >= 15 is 0 Å². The number of amides is 3. The molecule has 6 nitrogen and oxygen atoms in total. The average molecular weight is 341 g/mol. The van der Waals surface area contributed by atoms with Crippen molar-refractivity contribution in [2.45, 2.75) is 33.4 Å². The van der Waals surface area contributed by atoms with Gasteiger partial charge in [0.1, 0.15) is 5.75 Å². The number of carbonyl (C=O) groups excluding carboxylic acids is 2. The lowest BCUT2D eigenvalue weighted by Crippen LogP contribution is -2.28. The summed E-state index contributed by atoms with van der Waals surface area (Å²) in [4.78, 5) is 23.0. The minimum absolute atomic E-state index is 0.104. The van der Waals surface area contributed by atoms with Crippen LogP contribution in [0.25, 0.3) is 0 Å². The summed E-state index contributed by atoms with van der Waals surface area (Å²) in [6, 6.07) is 14.2. The molecule has 2 aromatic rings. The van der Waals surface area contributed by atoms with Crippen molar-refractivity contribution in [3.05, 3.63) is 54.1 Å². The highest BCUT2D eigenvalue weighted by Crippen LogP contribution is 2.15. The van der Waals surface area contributed by atoms with E-state index in [0.29, 0.717) is 17.9 Å². The molecule has 6 heteroatoms. The number of urea groups is 1. The first-order valence-electron chi connectivity index (χ1n) is 8.10. The second-order valence-electron chi connectivity index (χ2n) is 5.88. The fourth-order valence-corrected chi connectivity index (χ4v) is 2.20. The largest absolute Gasteiger partial charge is 0.491 e. The van der Waals surface area contributed by atoms with Crippen LogP contribution in [0.1, 0.15) is 26.3 Å². The highest BCUT2D eigenvalue weighted by atomic mass is 16.5. The molecule has 3 N–H and O–H groups in total. The SMILES string of the molecule is CC(=O)Nc1ccc(NC(=O)NCc2cccc(OC(C)C)c2)cc1. The Morgan fingerprint density at radius 1 is 1.00 bits per heavy atom. The zero-order chi connectivity index (χ0) is 18.2. The molecule has 0 aliphatic carbocycles. The molecule has 0 aliphatic heterocycles. The number of nitrogens with one attached hydrogen (secondary N) is 3. The van der Waals surface area contributed by atoms with Gasteiger partial charge in [-0.25, -0.2) is 4.79 Å². The van der Waals surface area contributed by atoms with Gasteiger partial charge < -0.3 is 20.7 Å². The summed E-state index contributed by atoms with van der Waals surface area (Å²) in [6.45, 7) is 5.77. The van der Waals surface area contributed by atoms with Gasteiger partial charge in [0.05, 0.1) is 6.10 Å². The summed E-state index contributed by atoms with van der Waals surface area (Å²) < 4.78 is 5.64. The fourth-order valence-electron chi connectivity index (χ4n) is 2.20. The van der Waals surface area contributed by atoms with Gasteiger partial charge in [0, 0.05) is 24.8 Å². The highest BCUT2D eigenvalue weighted by Gasteiger charge is 2.04. The third-order valence-corrected chi connectivity index (χ3v) is 3.19. The Morgan fingerprint density at radius 2 is 1.64 bits per heavy atom. The average Bonchev–Trinajstić information content (AvgIpc) is 2.54. The zero-order valence-corrected chi connectivity index (χ0v) is 14.6. The van der Waals surface area contributed by atoms with Gasteiger partial charge in [-0.15, -0.1) is 0 Å². The van der Waals surface area contributed by atoms with E-state index in [0.717, 1.165) is 11.3 Å². The smallest absolute Gasteiger partial charge is 0.319 e. The molecule has 0 heterocycles. The van der Waals surface area contributed by atoms with E-state index in [4.69, 9.17) is 4.74 Å². The number of hydrogen-bond donors (Lipinski definition) is 3. The standard InChI is InChI=1S/C19H23N3O3/c1-13(2)25-18-6-4-5-15(11-18)12-20-19(24)22-17-9-7-16(8-10-17)21-14(3)23/h4-11,13H,12H2,1-3H3,(H,21,23)(H2,20,22,24). The number of rotatable bonds is 6. The molecule has 0 unspecified atom stereocenters. The van der Waals surface area contributed by atoms with Crippen molar-refractivity contribution in [2.24, 2.45) is 0 Å². The van der Waals surface area contributed by atoms with E-state index in [9.17, 15) is 9.59 Å². The van der Waals surface area contributed by atoms with Crippen LogP contribution in [0.4, 0.5) is 16.2 Å². The molecular formula is C19H23N3O3. The van der Waals surface area contributed by atoms with Crippen LogP contribution in [0, 0.1) is 0 Å². The first kappa shape index (κ1) is 18.3. The first-order chi connectivity index (χ1) is 11.9. The minimum atomic E-state index is -0.303. The molecular weight excluding hydrogens is 318 g/mol. The molecule has 0 radical (unpaired) electrons. The molecule has 0 fully saturated rings. The van der Waals surface area contributed by atoms with Crippen LogP contribution < -0.4 is 20.7 Å². The van der Waals surface area contributed by atoms with Crippen LogP contribution in [-0.4, -0.2) is 18.0 Å². The molecule has 0 saturated carbocycles. The second kappa shape index (κ2) is 8.73. The Morgan fingerprint density at radius 3 is 2.24 bits per heavy atom. The van der Waals surface area contributed by atoms with Crippen molar-refractivity contribution < 1.29 is 14.3 Å². The molecule has 0 aromatic heterocycles. The fraction of sp³-hybridized carbons (Fsp3) is 0.263. The highest BCUT2D eigenvalue weighted by molar-refractivity contribution is 5.91. The molecule has 0 saturated heterocycles. The maximum absolute atomic E-state index is 12.0. The van der Waals surface area contributed by atoms with Gasteiger partial charge in [0.15, 0.2) is 0 Å². The van der Waals surface area contributed by atoms with Crippen LogP contribution in [-0.2, 0) is 11.3 Å². The van der Waals surface area contributed by atoms with Gasteiger partial charge in [0.25, 0.3) is 0 Å². The third kappa shape index (κ3) is 6.55. The molecule has 2 rings (SSSR count). The van der Waals surface area contributed by atoms with Gasteiger partial charge in [-0.1, -0.05) is 12.1 Å². The molecule has 25 heavy (non-hydrogen) atoms. The summed E-state index contributed by atoms with van der Waals surface area (Å²) >= 11 is 0. The van der Waals surface area contributed by atoms with Gasteiger partial charge >= 0.3 is 6.03 Å². The van der Waals surface area contributed by atoms with E-state index in [-0.39, 0.29) is 18.0 Å². The molecule has 2 aromatic carbocycles. The summed E-state index contributed by atoms with van der Waals surface area (Å²) in [7, 11) is 0. The van der Waals surface area contributed by atoms with Crippen molar-refractivity contribution in [1.82, 2.24) is 5.32 Å². The number of hydrogen-bond acceptors (Lipinski definition) is 3. The first-order valence-corrected chi connectivity index (χ1v) is 8.10. The van der Waals surface area contributed by atoms with Crippen LogP contribution in [0.15, 0.2) is 48.5 Å². The Bertz CT molecular complexity index is 727. The number of anilines is 2. The van der Waals surface area contributed by atoms with E-state index in [1.807, 2.05) is 38.1 Å². The maximum Gasteiger partial charge on any atom is 0.319 e. The lowest BCUT2D eigenvalue weighted by atomic mass is 10.2.